The summed E-state index contributed by atoms with van der Waals surface area (Å²) in [6.45, 7) is 7.49. The third kappa shape index (κ3) is 5.81. The molecular formula is C20H33IN4OS. The first-order valence-corrected chi connectivity index (χ1v) is 11.1. The zero-order chi connectivity index (χ0) is 17.8. The van der Waals surface area contributed by atoms with E-state index in [9.17, 15) is 0 Å². The van der Waals surface area contributed by atoms with Gasteiger partial charge >= 0.3 is 0 Å². The number of halogens is 1. The van der Waals surface area contributed by atoms with E-state index >= 15 is 0 Å². The molecule has 1 aromatic rings. The van der Waals surface area contributed by atoms with E-state index in [0.29, 0.717) is 24.2 Å². The molecule has 2 bridgehead atoms. The highest BCUT2D eigenvalue weighted by atomic mass is 127. The maximum Gasteiger partial charge on any atom is 0.191 e. The number of hydrogen-bond acceptors (Lipinski definition) is 4. The van der Waals surface area contributed by atoms with Crippen LogP contribution in [0, 0.1) is 5.92 Å². The summed E-state index contributed by atoms with van der Waals surface area (Å²) in [5.41, 5.74) is 0. The number of likely N-dealkylation sites (tertiary alicyclic amines) is 1. The van der Waals surface area contributed by atoms with Crippen LogP contribution in [0.15, 0.2) is 22.5 Å². The van der Waals surface area contributed by atoms with Crippen molar-refractivity contribution in [2.24, 2.45) is 10.9 Å². The molecule has 4 rings (SSSR count). The number of hydrogen-bond donors (Lipinski definition) is 2. The van der Waals surface area contributed by atoms with Crippen molar-refractivity contribution < 1.29 is 4.74 Å². The number of guanidine groups is 1. The molecule has 3 unspecified atom stereocenters. The van der Waals surface area contributed by atoms with Crippen LogP contribution in [0.1, 0.15) is 43.9 Å². The molecule has 3 atom stereocenters. The summed E-state index contributed by atoms with van der Waals surface area (Å²) in [6.07, 6.45) is 6.95. The van der Waals surface area contributed by atoms with Crippen LogP contribution in [-0.2, 0) is 11.3 Å². The van der Waals surface area contributed by atoms with Crippen LogP contribution in [0.2, 0.25) is 0 Å². The van der Waals surface area contributed by atoms with E-state index in [0.717, 1.165) is 32.0 Å². The van der Waals surface area contributed by atoms with E-state index < -0.39 is 0 Å². The molecule has 0 radical (unpaired) electrons. The molecule has 0 aromatic carbocycles. The van der Waals surface area contributed by atoms with E-state index in [4.69, 9.17) is 9.73 Å². The summed E-state index contributed by atoms with van der Waals surface area (Å²) >= 11 is 1.87. The van der Waals surface area contributed by atoms with Gasteiger partial charge in [-0.1, -0.05) is 6.07 Å². The van der Waals surface area contributed by atoms with Crippen LogP contribution in [0.3, 0.4) is 0 Å². The molecule has 7 heteroatoms. The van der Waals surface area contributed by atoms with E-state index in [1.165, 1.54) is 43.6 Å². The number of ether oxygens (including phenoxy) is 1. The highest BCUT2D eigenvalue weighted by molar-refractivity contribution is 14.0. The Hall–Kier alpha value is -0.380. The number of aliphatic imine (C=N–C) groups is 1. The summed E-state index contributed by atoms with van der Waals surface area (Å²) in [5.74, 6) is 1.69. The highest BCUT2D eigenvalue weighted by Gasteiger charge is 2.41. The number of nitrogens with zero attached hydrogens (tertiary/aromatic N) is 2. The fourth-order valence-electron chi connectivity index (χ4n) is 4.46. The van der Waals surface area contributed by atoms with Gasteiger partial charge in [0.15, 0.2) is 5.96 Å². The summed E-state index contributed by atoms with van der Waals surface area (Å²) in [7, 11) is 0. The van der Waals surface area contributed by atoms with Gasteiger partial charge in [0.1, 0.15) is 0 Å². The van der Waals surface area contributed by atoms with Gasteiger partial charge in [0.2, 0.25) is 0 Å². The van der Waals surface area contributed by atoms with Crippen molar-refractivity contribution in [2.75, 3.05) is 26.2 Å². The molecular weight excluding hydrogens is 471 g/mol. The SMILES string of the molecule is CCNC(=NCC1CCN(Cc2cccs2)CC1)NC1CC2CCC1O2.I. The molecule has 2 N–H and O–H groups in total. The summed E-state index contributed by atoms with van der Waals surface area (Å²) in [4.78, 5) is 8.97. The summed E-state index contributed by atoms with van der Waals surface area (Å²) < 4.78 is 5.96. The maximum atomic E-state index is 5.96. The number of rotatable bonds is 6. The van der Waals surface area contributed by atoms with Gasteiger partial charge in [0.25, 0.3) is 0 Å². The lowest BCUT2D eigenvalue weighted by Gasteiger charge is -2.31. The lowest BCUT2D eigenvalue weighted by molar-refractivity contribution is 0.0992. The van der Waals surface area contributed by atoms with Crippen LogP contribution in [0.5, 0.6) is 0 Å². The van der Waals surface area contributed by atoms with E-state index in [-0.39, 0.29) is 24.0 Å². The average molecular weight is 504 g/mol. The van der Waals surface area contributed by atoms with Crippen LogP contribution in [-0.4, -0.2) is 55.3 Å². The molecule has 5 nitrogen and oxygen atoms in total. The molecule has 4 heterocycles. The molecule has 3 fully saturated rings. The quantitative estimate of drug-likeness (QED) is 0.354. The first-order chi connectivity index (χ1) is 12.8. The third-order valence-corrected chi connectivity index (χ3v) is 6.81. The van der Waals surface area contributed by atoms with Gasteiger partial charge in [-0.25, -0.2) is 0 Å². The maximum absolute atomic E-state index is 5.96. The van der Waals surface area contributed by atoms with Crippen molar-refractivity contribution in [2.45, 2.75) is 63.8 Å². The average Bonchev–Trinajstić information content (AvgIpc) is 3.39. The van der Waals surface area contributed by atoms with Crippen LogP contribution < -0.4 is 10.6 Å². The second-order valence-electron chi connectivity index (χ2n) is 7.88. The second kappa shape index (κ2) is 10.4. The molecule has 3 saturated heterocycles. The first-order valence-electron chi connectivity index (χ1n) is 10.2. The molecule has 0 amide bonds. The number of nitrogens with one attached hydrogen (secondary N) is 2. The minimum Gasteiger partial charge on any atom is -0.373 e. The van der Waals surface area contributed by atoms with Gasteiger partial charge in [0, 0.05) is 24.5 Å². The van der Waals surface area contributed by atoms with Crippen molar-refractivity contribution in [3.63, 3.8) is 0 Å². The Labute approximate surface area is 184 Å². The number of piperidine rings is 1. The zero-order valence-electron chi connectivity index (χ0n) is 16.2. The Morgan fingerprint density at radius 3 is 2.78 bits per heavy atom. The van der Waals surface area contributed by atoms with Gasteiger partial charge in [-0.15, -0.1) is 35.3 Å². The van der Waals surface area contributed by atoms with E-state index in [1.54, 1.807) is 0 Å². The number of thiophene rings is 1. The van der Waals surface area contributed by atoms with Gasteiger partial charge in [-0.05, 0) is 69.5 Å². The van der Waals surface area contributed by atoms with Crippen molar-refractivity contribution in [1.82, 2.24) is 15.5 Å². The standard InChI is InChI=1S/C20H32N4OS.HI/c1-2-21-20(23-18-12-16-5-6-19(18)25-16)22-13-15-7-9-24(10-8-15)14-17-4-3-11-26-17;/h3-4,11,15-16,18-19H,2,5-10,12-14H2,1H3,(H2,21,22,23);1H. The van der Waals surface area contributed by atoms with Crippen LogP contribution in [0.4, 0.5) is 0 Å². The van der Waals surface area contributed by atoms with E-state index in [2.05, 4.69) is 40.0 Å². The monoisotopic (exact) mass is 504 g/mol. The fraction of sp³-hybridized carbons (Fsp3) is 0.750. The second-order valence-corrected chi connectivity index (χ2v) is 8.91. The highest BCUT2D eigenvalue weighted by Crippen LogP contribution is 2.34. The lowest BCUT2D eigenvalue weighted by Crippen LogP contribution is -2.47. The Balaban J connectivity index is 0.00000210. The van der Waals surface area contributed by atoms with Crippen molar-refractivity contribution in [3.05, 3.63) is 22.4 Å². The third-order valence-electron chi connectivity index (χ3n) is 5.95. The fourth-order valence-corrected chi connectivity index (χ4v) is 5.20. The van der Waals surface area contributed by atoms with Gasteiger partial charge in [0.05, 0.1) is 18.2 Å². The van der Waals surface area contributed by atoms with Gasteiger partial charge < -0.3 is 15.4 Å². The zero-order valence-corrected chi connectivity index (χ0v) is 19.4. The van der Waals surface area contributed by atoms with Crippen LogP contribution in [0.25, 0.3) is 0 Å². The molecule has 27 heavy (non-hydrogen) atoms. The van der Waals surface area contributed by atoms with Crippen molar-refractivity contribution in [3.8, 4) is 0 Å². The molecule has 0 saturated carbocycles. The van der Waals surface area contributed by atoms with E-state index in [1.807, 2.05) is 11.3 Å². The van der Waals surface area contributed by atoms with Crippen molar-refractivity contribution >= 4 is 41.3 Å². The number of fused-ring (bicyclic) bond motifs is 2. The molecule has 3 aliphatic heterocycles. The summed E-state index contributed by atoms with van der Waals surface area (Å²) in [5, 5.41) is 9.23. The van der Waals surface area contributed by atoms with Crippen LogP contribution >= 0.6 is 35.3 Å². The largest absolute Gasteiger partial charge is 0.373 e. The Morgan fingerprint density at radius 2 is 2.15 bits per heavy atom. The molecule has 1 aromatic heterocycles. The topological polar surface area (TPSA) is 48.9 Å². The Bertz CT molecular complexity index is 589. The molecule has 0 spiro atoms. The van der Waals surface area contributed by atoms with Gasteiger partial charge in [-0.3, -0.25) is 9.89 Å². The smallest absolute Gasteiger partial charge is 0.191 e. The molecule has 3 aliphatic rings. The predicted molar refractivity (Wildman–Crippen MR) is 123 cm³/mol. The minimum atomic E-state index is 0. The normalized spacial score (nSPS) is 28.9. The minimum absolute atomic E-state index is 0. The Kier molecular flexibility index (Phi) is 8.23. The summed E-state index contributed by atoms with van der Waals surface area (Å²) in [6, 6.07) is 4.84. The Morgan fingerprint density at radius 1 is 1.30 bits per heavy atom. The molecule has 0 aliphatic carbocycles. The first kappa shape index (κ1) is 21.3. The lowest BCUT2D eigenvalue weighted by atomic mass is 9.95. The van der Waals surface area contributed by atoms with Crippen molar-refractivity contribution in [1.29, 1.82) is 0 Å². The molecule has 152 valence electrons. The predicted octanol–water partition coefficient (Wildman–Crippen LogP) is 3.45. The van der Waals surface area contributed by atoms with Gasteiger partial charge in [-0.2, -0.15) is 0 Å².